The zero-order valence-corrected chi connectivity index (χ0v) is 7.50. The molecule has 12 heavy (non-hydrogen) atoms. The molecule has 0 spiro atoms. The van der Waals surface area contributed by atoms with Crippen molar-refractivity contribution in [3.63, 3.8) is 0 Å². The van der Waals surface area contributed by atoms with E-state index in [0.717, 1.165) is 0 Å². The molecule has 1 rings (SSSR count). The van der Waals surface area contributed by atoms with Gasteiger partial charge in [0.2, 0.25) is 0 Å². The minimum absolute atomic E-state index is 0.00889. The lowest BCUT2D eigenvalue weighted by atomic mass is 10.3. The lowest BCUT2D eigenvalue weighted by Gasteiger charge is -1.98. The number of nitrogen functional groups attached to an aromatic ring is 1. The molecule has 1 aromatic heterocycles. The molecule has 0 unspecified atom stereocenters. The molecule has 0 saturated carbocycles. The van der Waals surface area contributed by atoms with E-state index in [1.807, 2.05) is 0 Å². The van der Waals surface area contributed by atoms with Crippen molar-refractivity contribution in [2.45, 2.75) is 5.75 Å². The van der Waals surface area contributed by atoms with Gasteiger partial charge in [-0.25, -0.2) is 8.42 Å². The van der Waals surface area contributed by atoms with Gasteiger partial charge in [0.1, 0.15) is 0 Å². The van der Waals surface area contributed by atoms with Crippen LogP contribution < -0.4 is 5.73 Å². The third-order valence-corrected chi connectivity index (χ3v) is 2.10. The van der Waals surface area contributed by atoms with Gasteiger partial charge in [-0.1, -0.05) is 0 Å². The smallest absolute Gasteiger partial charge is 0.151 e. The molecule has 2 N–H and O–H groups in total. The fraction of sp³-hybridized carbons (Fsp3) is 0.286. The lowest BCUT2D eigenvalue weighted by Crippen LogP contribution is -2.01. The molecule has 1 heterocycles. The molecule has 66 valence electrons. The summed E-state index contributed by atoms with van der Waals surface area (Å²) in [4.78, 5) is 3.78. The van der Waals surface area contributed by atoms with Crippen molar-refractivity contribution < 1.29 is 8.42 Å². The number of anilines is 1. The number of nitrogens with zero attached hydrogens (tertiary/aromatic N) is 1. The van der Waals surface area contributed by atoms with E-state index < -0.39 is 9.84 Å². The number of hydrogen-bond acceptors (Lipinski definition) is 4. The molecule has 0 saturated heterocycles. The second-order valence-electron chi connectivity index (χ2n) is 2.70. The average molecular weight is 186 g/mol. The molecule has 0 aliphatic rings. The van der Waals surface area contributed by atoms with Crippen molar-refractivity contribution in [1.29, 1.82) is 0 Å². The van der Waals surface area contributed by atoms with Crippen LogP contribution in [0, 0.1) is 0 Å². The summed E-state index contributed by atoms with van der Waals surface area (Å²) in [7, 11) is -2.99. The van der Waals surface area contributed by atoms with E-state index in [1.165, 1.54) is 18.6 Å². The first kappa shape index (κ1) is 8.99. The Labute approximate surface area is 71.3 Å². The monoisotopic (exact) mass is 186 g/mol. The van der Waals surface area contributed by atoms with Crippen LogP contribution in [0.2, 0.25) is 0 Å². The molecule has 0 radical (unpaired) electrons. The Morgan fingerprint density at radius 1 is 1.50 bits per heavy atom. The van der Waals surface area contributed by atoms with Gasteiger partial charge in [-0.2, -0.15) is 0 Å². The van der Waals surface area contributed by atoms with Crippen LogP contribution >= 0.6 is 0 Å². The van der Waals surface area contributed by atoms with Crippen molar-refractivity contribution in [1.82, 2.24) is 4.98 Å². The molecule has 0 amide bonds. The molecule has 0 aliphatic carbocycles. The molecule has 0 bridgehead atoms. The summed E-state index contributed by atoms with van der Waals surface area (Å²) in [6.07, 6.45) is 4.15. The van der Waals surface area contributed by atoms with Gasteiger partial charge >= 0.3 is 0 Å². The van der Waals surface area contributed by atoms with Gasteiger partial charge in [0.05, 0.1) is 11.4 Å². The number of pyridine rings is 1. The average Bonchev–Trinajstić information content (AvgIpc) is 1.82. The van der Waals surface area contributed by atoms with Gasteiger partial charge in [0.15, 0.2) is 9.84 Å². The summed E-state index contributed by atoms with van der Waals surface area (Å²) in [5, 5.41) is 0. The first-order valence-electron chi connectivity index (χ1n) is 3.34. The van der Waals surface area contributed by atoms with Gasteiger partial charge in [-0.05, 0) is 11.6 Å². The highest BCUT2D eigenvalue weighted by Gasteiger charge is 2.04. The molecule has 1 aromatic rings. The predicted octanol–water partition coefficient (Wildman–Crippen LogP) is 0.208. The zero-order valence-electron chi connectivity index (χ0n) is 6.69. The molecule has 4 nitrogen and oxygen atoms in total. The topological polar surface area (TPSA) is 73.0 Å². The van der Waals surface area contributed by atoms with E-state index in [-0.39, 0.29) is 5.75 Å². The van der Waals surface area contributed by atoms with Gasteiger partial charge in [-0.15, -0.1) is 0 Å². The largest absolute Gasteiger partial charge is 0.397 e. The molecule has 0 atom stereocenters. The minimum atomic E-state index is -2.99. The highest BCUT2D eigenvalue weighted by atomic mass is 32.2. The summed E-state index contributed by atoms with van der Waals surface area (Å²) < 4.78 is 21.7. The van der Waals surface area contributed by atoms with Crippen LogP contribution in [0.25, 0.3) is 0 Å². The predicted molar refractivity (Wildman–Crippen MR) is 47.2 cm³/mol. The first-order chi connectivity index (χ1) is 5.47. The van der Waals surface area contributed by atoms with Crippen LogP contribution in [-0.2, 0) is 15.6 Å². The van der Waals surface area contributed by atoms with Gasteiger partial charge in [-0.3, -0.25) is 4.98 Å². The van der Waals surface area contributed by atoms with Crippen molar-refractivity contribution in [2.75, 3.05) is 12.0 Å². The zero-order chi connectivity index (χ0) is 9.19. The second-order valence-corrected chi connectivity index (χ2v) is 4.84. The molecule has 0 aromatic carbocycles. The summed E-state index contributed by atoms with van der Waals surface area (Å²) in [6, 6.07) is 1.61. The number of sulfone groups is 1. The number of rotatable bonds is 2. The molecule has 0 fully saturated rings. The lowest BCUT2D eigenvalue weighted by molar-refractivity contribution is 0.601. The standard InChI is InChI=1S/C7H10N2O2S/c1-12(10,11)5-6-2-7(8)4-9-3-6/h2-4H,5,8H2,1H3. The molecule has 0 aliphatic heterocycles. The fourth-order valence-electron chi connectivity index (χ4n) is 0.889. The maximum absolute atomic E-state index is 10.8. The van der Waals surface area contributed by atoms with Crippen molar-refractivity contribution in [3.05, 3.63) is 24.0 Å². The molecule has 5 heteroatoms. The Morgan fingerprint density at radius 2 is 2.17 bits per heavy atom. The first-order valence-corrected chi connectivity index (χ1v) is 5.40. The number of nitrogens with two attached hydrogens (primary N) is 1. The summed E-state index contributed by atoms with van der Waals surface area (Å²) >= 11 is 0. The third kappa shape index (κ3) is 2.87. The van der Waals surface area contributed by atoms with Crippen molar-refractivity contribution in [2.24, 2.45) is 0 Å². The highest BCUT2D eigenvalue weighted by Crippen LogP contribution is 2.06. The summed E-state index contributed by atoms with van der Waals surface area (Å²) in [6.45, 7) is 0. The maximum atomic E-state index is 10.8. The third-order valence-electron chi connectivity index (χ3n) is 1.24. The Kier molecular flexibility index (Phi) is 2.32. The van der Waals surface area contributed by atoms with E-state index in [1.54, 1.807) is 6.07 Å². The Morgan fingerprint density at radius 3 is 2.67 bits per heavy atom. The van der Waals surface area contributed by atoms with Crippen LogP contribution in [0.5, 0.6) is 0 Å². The molecular weight excluding hydrogens is 176 g/mol. The van der Waals surface area contributed by atoms with Gasteiger partial charge in [0, 0.05) is 18.6 Å². The van der Waals surface area contributed by atoms with Crippen molar-refractivity contribution in [3.8, 4) is 0 Å². The van der Waals surface area contributed by atoms with Crippen LogP contribution in [0.3, 0.4) is 0 Å². The maximum Gasteiger partial charge on any atom is 0.151 e. The molecular formula is C7H10N2O2S. The Bertz CT molecular complexity index is 373. The van der Waals surface area contributed by atoms with E-state index >= 15 is 0 Å². The number of hydrogen-bond donors (Lipinski definition) is 1. The van der Waals surface area contributed by atoms with Crippen LogP contribution in [-0.4, -0.2) is 19.7 Å². The Balaban J connectivity index is 2.91. The summed E-state index contributed by atoms with van der Waals surface area (Å²) in [5.41, 5.74) is 6.53. The minimum Gasteiger partial charge on any atom is -0.397 e. The van der Waals surface area contributed by atoms with Crippen LogP contribution in [0.1, 0.15) is 5.56 Å². The number of aromatic nitrogens is 1. The van der Waals surface area contributed by atoms with E-state index in [0.29, 0.717) is 11.3 Å². The van der Waals surface area contributed by atoms with Crippen LogP contribution in [0.4, 0.5) is 5.69 Å². The summed E-state index contributed by atoms with van der Waals surface area (Å²) in [5.74, 6) is -0.00889. The van der Waals surface area contributed by atoms with Gasteiger partial charge < -0.3 is 5.73 Å². The fourth-order valence-corrected chi connectivity index (χ4v) is 1.65. The van der Waals surface area contributed by atoms with Gasteiger partial charge in [0.25, 0.3) is 0 Å². The van der Waals surface area contributed by atoms with Crippen molar-refractivity contribution >= 4 is 15.5 Å². The van der Waals surface area contributed by atoms with E-state index in [2.05, 4.69) is 4.98 Å². The van der Waals surface area contributed by atoms with E-state index in [9.17, 15) is 8.42 Å². The SMILES string of the molecule is CS(=O)(=O)Cc1cncc(N)c1. The van der Waals surface area contributed by atoms with Crippen LogP contribution in [0.15, 0.2) is 18.5 Å². The quantitative estimate of drug-likeness (QED) is 0.716. The second kappa shape index (κ2) is 3.10. The highest BCUT2D eigenvalue weighted by molar-refractivity contribution is 7.89. The van der Waals surface area contributed by atoms with E-state index in [4.69, 9.17) is 5.73 Å². The Hall–Kier alpha value is -1.10. The normalized spacial score (nSPS) is 11.4.